The first-order valence-electron chi connectivity index (χ1n) is 8.71. The highest BCUT2D eigenvalue weighted by Gasteiger charge is 2.33. The minimum Gasteiger partial charge on any atom is -0.324 e. The van der Waals surface area contributed by atoms with Crippen LogP contribution in [0.5, 0.6) is 0 Å². The molecule has 136 valence electrons. The van der Waals surface area contributed by atoms with Crippen LogP contribution in [0.25, 0.3) is 11.4 Å². The fraction of sp³-hybridized carbons (Fsp3) is 0.200. The lowest BCUT2D eigenvalue weighted by Gasteiger charge is -2.23. The highest BCUT2D eigenvalue weighted by atomic mass is 16.2. The van der Waals surface area contributed by atoms with Crippen LogP contribution >= 0.6 is 0 Å². The molecule has 2 aromatic carbocycles. The largest absolute Gasteiger partial charge is 0.324 e. The molecule has 2 N–H and O–H groups in total. The van der Waals surface area contributed by atoms with Crippen molar-refractivity contribution in [3.05, 3.63) is 59.7 Å². The van der Waals surface area contributed by atoms with E-state index in [1.165, 1.54) is 4.68 Å². The molecule has 7 nitrogen and oxygen atoms in total. The Morgan fingerprint density at radius 3 is 2.74 bits per heavy atom. The van der Waals surface area contributed by atoms with Gasteiger partial charge in [-0.3, -0.25) is 14.9 Å². The third kappa shape index (κ3) is 3.31. The molecule has 1 aliphatic rings. The first-order valence-corrected chi connectivity index (χ1v) is 8.71. The molecule has 1 aromatic heterocycles. The van der Waals surface area contributed by atoms with Crippen LogP contribution in [0.15, 0.2) is 48.5 Å². The van der Waals surface area contributed by atoms with Crippen LogP contribution in [0.1, 0.15) is 23.6 Å². The van der Waals surface area contributed by atoms with Gasteiger partial charge in [0.1, 0.15) is 6.04 Å². The van der Waals surface area contributed by atoms with Crippen LogP contribution in [-0.2, 0) is 9.59 Å². The summed E-state index contributed by atoms with van der Waals surface area (Å²) in [6, 6.07) is 14.5. The van der Waals surface area contributed by atoms with Gasteiger partial charge in [-0.1, -0.05) is 42.5 Å². The molecule has 3 aromatic rings. The predicted molar refractivity (Wildman–Crippen MR) is 102 cm³/mol. The van der Waals surface area contributed by atoms with Crippen molar-refractivity contribution in [3.8, 4) is 11.4 Å². The third-order valence-electron chi connectivity index (χ3n) is 4.54. The molecular formula is C20H19N5O2. The molecule has 0 fully saturated rings. The smallest absolute Gasteiger partial charge is 0.249 e. The number of carbonyl (C=O) groups is 2. The molecule has 2 amide bonds. The number of benzene rings is 2. The summed E-state index contributed by atoms with van der Waals surface area (Å²) in [5, 5.41) is 10.1. The Morgan fingerprint density at radius 2 is 1.96 bits per heavy atom. The minimum atomic E-state index is -0.751. The van der Waals surface area contributed by atoms with Gasteiger partial charge in [-0.2, -0.15) is 4.98 Å². The van der Waals surface area contributed by atoms with E-state index in [9.17, 15) is 9.59 Å². The number of fused-ring (bicyclic) bond motifs is 1. The highest BCUT2D eigenvalue weighted by molar-refractivity contribution is 6.01. The monoisotopic (exact) mass is 361 g/mol. The zero-order valence-corrected chi connectivity index (χ0v) is 15.1. The van der Waals surface area contributed by atoms with Crippen LogP contribution in [0.2, 0.25) is 0 Å². The minimum absolute atomic E-state index is 0.0152. The van der Waals surface area contributed by atoms with E-state index >= 15 is 0 Å². The standard InChI is InChI=1S/C20H19N5O2/c1-12-8-9-13(2)15(10-12)21-19(27)16-11-17(26)22-20-23-18(24-25(16)20)14-6-4-3-5-7-14/h3-10,16H,11H2,1-2H3,(H,21,27)(H,22,23,24,26)/t16-/m1/s1. The molecule has 0 spiro atoms. The van der Waals surface area contributed by atoms with Crippen molar-refractivity contribution in [2.45, 2.75) is 26.3 Å². The number of nitrogens with one attached hydrogen (secondary N) is 2. The van der Waals surface area contributed by atoms with Gasteiger partial charge in [-0.15, -0.1) is 5.10 Å². The molecule has 27 heavy (non-hydrogen) atoms. The Bertz CT molecular complexity index is 1030. The van der Waals surface area contributed by atoms with E-state index < -0.39 is 6.04 Å². The number of amides is 2. The van der Waals surface area contributed by atoms with Gasteiger partial charge in [0, 0.05) is 11.3 Å². The Hall–Kier alpha value is -3.48. The lowest BCUT2D eigenvalue weighted by molar-refractivity contribution is -0.125. The molecular weight excluding hydrogens is 342 g/mol. The number of hydrogen-bond donors (Lipinski definition) is 2. The predicted octanol–water partition coefficient (Wildman–Crippen LogP) is 3.08. The van der Waals surface area contributed by atoms with E-state index in [0.29, 0.717) is 5.82 Å². The molecule has 4 rings (SSSR count). The van der Waals surface area contributed by atoms with Gasteiger partial charge in [0.15, 0.2) is 5.82 Å². The average Bonchev–Trinajstić information content (AvgIpc) is 3.08. The number of hydrogen-bond acceptors (Lipinski definition) is 4. The first kappa shape index (κ1) is 17.0. The topological polar surface area (TPSA) is 88.9 Å². The number of nitrogens with zero attached hydrogens (tertiary/aromatic N) is 3. The summed E-state index contributed by atoms with van der Waals surface area (Å²) in [5.74, 6) is 0.212. The van der Waals surface area contributed by atoms with Gasteiger partial charge in [-0.25, -0.2) is 4.68 Å². The number of carbonyl (C=O) groups excluding carboxylic acids is 2. The lowest BCUT2D eigenvalue weighted by Crippen LogP contribution is -2.36. The molecule has 0 aliphatic carbocycles. The van der Waals surface area contributed by atoms with Crippen molar-refractivity contribution in [3.63, 3.8) is 0 Å². The van der Waals surface area contributed by atoms with E-state index in [1.54, 1.807) is 0 Å². The van der Waals surface area contributed by atoms with Crippen molar-refractivity contribution < 1.29 is 9.59 Å². The number of aryl methyl sites for hydroxylation is 2. The maximum atomic E-state index is 12.9. The SMILES string of the molecule is Cc1ccc(C)c(NC(=O)[C@H]2CC(=O)Nc3nc(-c4ccccc4)nn32)c1. The average molecular weight is 361 g/mol. The van der Waals surface area contributed by atoms with Gasteiger partial charge >= 0.3 is 0 Å². The molecule has 2 heterocycles. The molecule has 7 heteroatoms. The Labute approximate surface area is 156 Å². The van der Waals surface area contributed by atoms with Gasteiger partial charge in [0.05, 0.1) is 6.42 Å². The van der Waals surface area contributed by atoms with E-state index in [1.807, 2.05) is 62.4 Å². The molecule has 1 atom stereocenters. The van der Waals surface area contributed by atoms with Crippen molar-refractivity contribution in [1.29, 1.82) is 0 Å². The second kappa shape index (κ2) is 6.68. The summed E-state index contributed by atoms with van der Waals surface area (Å²) in [6.07, 6.45) is 0.0152. The van der Waals surface area contributed by atoms with Crippen molar-refractivity contribution >= 4 is 23.5 Å². The van der Waals surface area contributed by atoms with Gasteiger partial charge < -0.3 is 5.32 Å². The first-order chi connectivity index (χ1) is 13.0. The van der Waals surface area contributed by atoms with E-state index in [-0.39, 0.29) is 24.2 Å². The second-order valence-corrected chi connectivity index (χ2v) is 6.65. The summed E-state index contributed by atoms with van der Waals surface area (Å²) in [5.41, 5.74) is 3.56. The number of anilines is 2. The normalized spacial score (nSPS) is 15.8. The van der Waals surface area contributed by atoms with Crippen LogP contribution in [0.3, 0.4) is 0 Å². The second-order valence-electron chi connectivity index (χ2n) is 6.65. The van der Waals surface area contributed by atoms with Crippen LogP contribution in [-0.4, -0.2) is 26.6 Å². The fourth-order valence-corrected chi connectivity index (χ4v) is 3.06. The maximum absolute atomic E-state index is 12.9. The molecule has 1 aliphatic heterocycles. The summed E-state index contributed by atoms with van der Waals surface area (Å²) in [4.78, 5) is 29.4. The molecule has 0 saturated heterocycles. The molecule has 0 unspecified atom stereocenters. The quantitative estimate of drug-likeness (QED) is 0.750. The Morgan fingerprint density at radius 1 is 1.19 bits per heavy atom. The van der Waals surface area contributed by atoms with Crippen LogP contribution < -0.4 is 10.6 Å². The summed E-state index contributed by atoms with van der Waals surface area (Å²) >= 11 is 0. The number of aromatic nitrogens is 3. The van der Waals surface area contributed by atoms with Crippen molar-refractivity contribution in [2.75, 3.05) is 10.6 Å². The van der Waals surface area contributed by atoms with Crippen molar-refractivity contribution in [1.82, 2.24) is 14.8 Å². The summed E-state index contributed by atoms with van der Waals surface area (Å²) in [6.45, 7) is 3.89. The zero-order chi connectivity index (χ0) is 19.0. The summed E-state index contributed by atoms with van der Waals surface area (Å²) in [7, 11) is 0. The maximum Gasteiger partial charge on any atom is 0.249 e. The van der Waals surface area contributed by atoms with E-state index in [0.717, 1.165) is 22.4 Å². The summed E-state index contributed by atoms with van der Waals surface area (Å²) < 4.78 is 1.49. The van der Waals surface area contributed by atoms with Gasteiger partial charge in [0.25, 0.3) is 0 Å². The van der Waals surface area contributed by atoms with Gasteiger partial charge in [-0.05, 0) is 31.0 Å². The zero-order valence-electron chi connectivity index (χ0n) is 15.1. The molecule has 0 radical (unpaired) electrons. The van der Waals surface area contributed by atoms with Gasteiger partial charge in [0.2, 0.25) is 17.8 Å². The highest BCUT2D eigenvalue weighted by Crippen LogP contribution is 2.28. The molecule has 0 bridgehead atoms. The van der Waals surface area contributed by atoms with Crippen molar-refractivity contribution in [2.24, 2.45) is 0 Å². The van der Waals surface area contributed by atoms with E-state index in [2.05, 4.69) is 20.7 Å². The third-order valence-corrected chi connectivity index (χ3v) is 4.54. The fourth-order valence-electron chi connectivity index (χ4n) is 3.06. The Balaban J connectivity index is 1.66. The lowest BCUT2D eigenvalue weighted by atomic mass is 10.1. The Kier molecular flexibility index (Phi) is 4.19. The van der Waals surface area contributed by atoms with E-state index in [4.69, 9.17) is 0 Å². The number of rotatable bonds is 3. The molecule has 0 saturated carbocycles. The van der Waals surface area contributed by atoms with Crippen LogP contribution in [0, 0.1) is 13.8 Å². The van der Waals surface area contributed by atoms with Crippen LogP contribution in [0.4, 0.5) is 11.6 Å².